The minimum atomic E-state index is -6.33. The molecule has 0 spiro atoms. The average Bonchev–Trinajstić information content (AvgIpc) is 3.78. The summed E-state index contributed by atoms with van der Waals surface area (Å²) < 4.78 is 124. The Hall–Kier alpha value is -3.16. The molecule has 2 saturated carbocycles. The largest absolute Gasteiger partial charge is 0.481 e. The molecule has 46 heavy (non-hydrogen) atoms. The van der Waals surface area contributed by atoms with Gasteiger partial charge in [-0.1, -0.05) is 30.3 Å². The van der Waals surface area contributed by atoms with E-state index in [2.05, 4.69) is 0 Å². The van der Waals surface area contributed by atoms with Gasteiger partial charge >= 0.3 is 24.0 Å². The molecule has 6 rings (SSSR count). The third-order valence-corrected chi connectivity index (χ3v) is 13.0. The van der Waals surface area contributed by atoms with Crippen LogP contribution in [0.3, 0.4) is 0 Å². The van der Waals surface area contributed by atoms with Crippen LogP contribution in [0.4, 0.5) is 30.7 Å². The first-order valence-corrected chi connectivity index (χ1v) is 16.8. The van der Waals surface area contributed by atoms with Crippen molar-refractivity contribution in [3.05, 3.63) is 64.7 Å². The fourth-order valence-electron chi connectivity index (χ4n) is 7.86. The zero-order valence-corrected chi connectivity index (χ0v) is 25.3. The number of hydrogen-bond acceptors (Lipinski definition) is 4. The van der Waals surface area contributed by atoms with Gasteiger partial charge < -0.3 is 10.0 Å². The molecule has 0 radical (unpaired) electrons. The first kappa shape index (κ1) is 32.8. The molecule has 1 saturated heterocycles. The Balaban J connectivity index is 1.44. The number of amides is 1. The number of carboxylic acids is 1. The maximum absolute atomic E-state index is 15.1. The molecule has 3 fully saturated rings. The van der Waals surface area contributed by atoms with Crippen molar-refractivity contribution in [1.82, 2.24) is 4.90 Å². The van der Waals surface area contributed by atoms with Crippen molar-refractivity contribution in [1.29, 1.82) is 0 Å². The Bertz CT molecular complexity index is 1630. The number of nitrogens with zero attached hydrogens (tertiary/aromatic N) is 1. The number of carbonyl (C=O) groups excluding carboxylic acids is 1. The molecule has 1 amide bonds. The van der Waals surface area contributed by atoms with Crippen molar-refractivity contribution in [3.8, 4) is 0 Å². The predicted octanol–water partition coefficient (Wildman–Crippen LogP) is 6.96. The lowest BCUT2D eigenvalue weighted by Crippen LogP contribution is -2.53. The Morgan fingerprint density at radius 2 is 1.39 bits per heavy atom. The average molecular weight is 676 g/mol. The van der Waals surface area contributed by atoms with Crippen LogP contribution in [0.1, 0.15) is 79.5 Å². The normalized spacial score (nSPS) is 27.2. The molecule has 2 aromatic rings. The van der Waals surface area contributed by atoms with Crippen LogP contribution in [0.25, 0.3) is 0 Å². The van der Waals surface area contributed by atoms with Gasteiger partial charge in [-0.15, -0.1) is 0 Å². The quantitative estimate of drug-likeness (QED) is 0.335. The standard InChI is InChI=1S/C32H32F7NO5S/c33-30(31(34,35)36,32(37,38)39)23-10-13-25-22(17-23)9-14-26-29(25,46(44,45)24-11-7-19(8-12-24)18-1-2-18)15-16-40(26)27(41)20-3-5-21(6-4-20)28(42)43/h7-8,10-13,17-18,20-21,26H,1-6,9,14-16H2,(H,42,43)/t20-,21-,26?,29?. The van der Waals surface area contributed by atoms with Gasteiger partial charge in [0, 0.05) is 18.0 Å². The van der Waals surface area contributed by atoms with Gasteiger partial charge in [0.1, 0.15) is 4.75 Å². The summed E-state index contributed by atoms with van der Waals surface area (Å²) in [7, 11) is -4.43. The Kier molecular flexibility index (Phi) is 7.80. The monoisotopic (exact) mass is 675 g/mol. The van der Waals surface area contributed by atoms with Crippen molar-refractivity contribution in [2.75, 3.05) is 6.54 Å². The van der Waals surface area contributed by atoms with E-state index in [1.165, 1.54) is 17.0 Å². The highest BCUT2D eigenvalue weighted by molar-refractivity contribution is 7.92. The molecule has 14 heteroatoms. The van der Waals surface area contributed by atoms with E-state index in [1.807, 2.05) is 0 Å². The number of sulfone groups is 1. The molecule has 0 aromatic heterocycles. The fraction of sp³-hybridized carbons (Fsp3) is 0.562. The molecular weight excluding hydrogens is 643 g/mol. The molecule has 1 heterocycles. The predicted molar refractivity (Wildman–Crippen MR) is 150 cm³/mol. The second-order valence-corrected chi connectivity index (χ2v) is 15.2. The van der Waals surface area contributed by atoms with Crippen molar-refractivity contribution in [2.45, 2.75) is 97.4 Å². The lowest BCUT2D eigenvalue weighted by Gasteiger charge is -2.44. The van der Waals surface area contributed by atoms with Gasteiger partial charge in [0.2, 0.25) is 5.91 Å². The van der Waals surface area contributed by atoms with Gasteiger partial charge in [0.05, 0.1) is 16.9 Å². The smallest absolute Gasteiger partial charge is 0.435 e. The van der Waals surface area contributed by atoms with Crippen LogP contribution in [0.5, 0.6) is 0 Å². The number of benzene rings is 2. The topological polar surface area (TPSA) is 91.8 Å². The van der Waals surface area contributed by atoms with E-state index < -0.39 is 62.0 Å². The number of carboxylic acid groups (broad SMARTS) is 1. The highest BCUT2D eigenvalue weighted by atomic mass is 32.2. The van der Waals surface area contributed by atoms with E-state index in [0.717, 1.165) is 24.5 Å². The Morgan fingerprint density at radius 1 is 0.804 bits per heavy atom. The first-order chi connectivity index (χ1) is 21.4. The summed E-state index contributed by atoms with van der Waals surface area (Å²) >= 11 is 0. The molecule has 3 aliphatic carbocycles. The van der Waals surface area contributed by atoms with Crippen LogP contribution in [0, 0.1) is 11.8 Å². The number of fused-ring (bicyclic) bond motifs is 3. The summed E-state index contributed by atoms with van der Waals surface area (Å²) in [6.07, 6.45) is -10.1. The first-order valence-electron chi connectivity index (χ1n) is 15.3. The Morgan fingerprint density at radius 3 is 1.93 bits per heavy atom. The zero-order valence-electron chi connectivity index (χ0n) is 24.5. The summed E-state index contributed by atoms with van der Waals surface area (Å²) in [6.45, 7) is -0.0406. The molecule has 2 aromatic carbocycles. The van der Waals surface area contributed by atoms with Crippen LogP contribution < -0.4 is 0 Å². The molecule has 250 valence electrons. The number of hydrogen-bond donors (Lipinski definition) is 1. The fourth-order valence-corrected chi connectivity index (χ4v) is 10.2. The minimum absolute atomic E-state index is 0.0406. The summed E-state index contributed by atoms with van der Waals surface area (Å²) in [5.41, 5.74) is -6.62. The molecule has 2 atom stereocenters. The minimum Gasteiger partial charge on any atom is -0.481 e. The maximum atomic E-state index is 15.1. The lowest BCUT2D eigenvalue weighted by molar-refractivity contribution is -0.348. The van der Waals surface area contributed by atoms with E-state index in [4.69, 9.17) is 0 Å². The van der Waals surface area contributed by atoms with Crippen LogP contribution in [0.15, 0.2) is 47.4 Å². The van der Waals surface area contributed by atoms with Crippen LogP contribution in [0.2, 0.25) is 0 Å². The summed E-state index contributed by atoms with van der Waals surface area (Å²) in [4.78, 5) is 26.6. The molecule has 6 nitrogen and oxygen atoms in total. The van der Waals surface area contributed by atoms with Crippen LogP contribution in [-0.2, 0) is 36.3 Å². The third kappa shape index (κ3) is 4.92. The van der Waals surface area contributed by atoms with Gasteiger partial charge in [0.25, 0.3) is 0 Å². The summed E-state index contributed by atoms with van der Waals surface area (Å²) in [5, 5.41) is 9.35. The molecule has 4 aliphatic rings. The van der Waals surface area contributed by atoms with Crippen molar-refractivity contribution in [3.63, 3.8) is 0 Å². The number of halogens is 7. The second-order valence-electron chi connectivity index (χ2n) is 13.0. The molecule has 2 unspecified atom stereocenters. The summed E-state index contributed by atoms with van der Waals surface area (Å²) in [5.74, 6) is -2.14. The van der Waals surface area contributed by atoms with Gasteiger partial charge in [-0.05, 0) is 92.5 Å². The van der Waals surface area contributed by atoms with Crippen molar-refractivity contribution in [2.24, 2.45) is 11.8 Å². The van der Waals surface area contributed by atoms with E-state index in [9.17, 15) is 49.5 Å². The third-order valence-electron chi connectivity index (χ3n) is 10.5. The highest BCUT2D eigenvalue weighted by Crippen LogP contribution is 2.57. The second kappa shape index (κ2) is 10.9. The van der Waals surface area contributed by atoms with Crippen molar-refractivity contribution >= 4 is 21.7 Å². The van der Waals surface area contributed by atoms with Crippen LogP contribution in [-0.4, -0.2) is 55.2 Å². The number of aryl methyl sites for hydroxylation is 1. The number of alkyl halides is 7. The maximum Gasteiger partial charge on any atom is 0.435 e. The number of carbonyl (C=O) groups is 2. The number of rotatable bonds is 6. The van der Waals surface area contributed by atoms with Gasteiger partial charge in [-0.3, -0.25) is 9.59 Å². The number of likely N-dealkylation sites (tertiary alicyclic amines) is 1. The van der Waals surface area contributed by atoms with E-state index in [0.29, 0.717) is 18.1 Å². The van der Waals surface area contributed by atoms with Gasteiger partial charge in [-0.25, -0.2) is 12.8 Å². The van der Waals surface area contributed by atoms with E-state index >= 15 is 4.39 Å². The molecular formula is C32H32F7NO5S. The van der Waals surface area contributed by atoms with Gasteiger partial charge in [-0.2, -0.15) is 26.3 Å². The van der Waals surface area contributed by atoms with E-state index in [-0.39, 0.29) is 73.4 Å². The molecule has 1 aliphatic heterocycles. The van der Waals surface area contributed by atoms with Gasteiger partial charge in [0.15, 0.2) is 9.84 Å². The van der Waals surface area contributed by atoms with E-state index in [1.54, 1.807) is 12.1 Å². The SMILES string of the molecule is O=C(O)[C@H]1CC[C@H](C(=O)N2CCC3(S(=O)(=O)c4ccc(C5CC5)cc4)c4ccc(C(F)(C(F)(F)F)C(F)(F)F)cc4CCC23)CC1. The lowest BCUT2D eigenvalue weighted by atomic mass is 9.76. The highest BCUT2D eigenvalue weighted by Gasteiger charge is 2.74. The number of aliphatic carboxylic acids is 1. The molecule has 0 bridgehead atoms. The van der Waals surface area contributed by atoms with Crippen LogP contribution >= 0.6 is 0 Å². The van der Waals surface area contributed by atoms with Crippen molar-refractivity contribution < 1.29 is 53.8 Å². The zero-order chi connectivity index (χ0) is 33.4. The Labute approximate surface area is 260 Å². The molecule has 1 N–H and O–H groups in total. The summed E-state index contributed by atoms with van der Waals surface area (Å²) in [6, 6.07) is 6.93.